The number of Topliss-reactive ketones (excluding diaryl/α,β-unsaturated/α-hetero) is 1. The van der Waals surface area contributed by atoms with Crippen LogP contribution in [0.15, 0.2) is 24.4 Å². The fourth-order valence-electron chi connectivity index (χ4n) is 4.28. The molecule has 0 unspecified atom stereocenters. The Morgan fingerprint density at radius 3 is 2.85 bits per heavy atom. The largest absolute Gasteiger partial charge is 0.323 e. The molecule has 0 radical (unpaired) electrons. The van der Waals surface area contributed by atoms with Crippen molar-refractivity contribution in [3.8, 4) is 0 Å². The monoisotopic (exact) mass is 464 g/mol. The molecule has 0 aromatic carbocycles. The molecular formula is C23H25FN8O2. The highest BCUT2D eigenvalue weighted by Crippen LogP contribution is 2.32. The zero-order chi connectivity index (χ0) is 23.8. The molecule has 1 aliphatic carbocycles. The SMILES string of the molecule is CC(C)c1cc(Nc2nc(N3CC(=O)C[C@H]3C(=O)Nc3ccc(F)nc3)nc3c2CCC3)n[nH]1. The maximum atomic E-state index is 13.1. The molecule has 3 aromatic rings. The summed E-state index contributed by atoms with van der Waals surface area (Å²) in [5, 5.41) is 13.4. The van der Waals surface area contributed by atoms with Crippen LogP contribution in [0.25, 0.3) is 0 Å². The Kier molecular flexibility index (Phi) is 5.68. The molecular weight excluding hydrogens is 439 g/mol. The number of carbonyl (C=O) groups excluding carboxylic acids is 2. The minimum atomic E-state index is -0.775. The third-order valence-electron chi connectivity index (χ3n) is 6.09. The minimum Gasteiger partial charge on any atom is -0.323 e. The molecule has 1 fully saturated rings. The number of aromatic amines is 1. The van der Waals surface area contributed by atoms with Crippen LogP contribution >= 0.6 is 0 Å². The maximum Gasteiger partial charge on any atom is 0.247 e. The number of aromatic nitrogens is 5. The molecule has 10 nitrogen and oxygen atoms in total. The highest BCUT2D eigenvalue weighted by molar-refractivity contribution is 6.03. The van der Waals surface area contributed by atoms with Crippen LogP contribution in [0.2, 0.25) is 0 Å². The van der Waals surface area contributed by atoms with Crippen molar-refractivity contribution in [1.82, 2.24) is 25.1 Å². The predicted molar refractivity (Wildman–Crippen MR) is 124 cm³/mol. The van der Waals surface area contributed by atoms with E-state index in [1.807, 2.05) is 6.07 Å². The lowest BCUT2D eigenvalue weighted by Crippen LogP contribution is -2.40. The molecule has 0 saturated carbocycles. The Labute approximate surface area is 195 Å². The van der Waals surface area contributed by atoms with Crippen molar-refractivity contribution in [2.45, 2.75) is 51.5 Å². The number of amides is 1. The van der Waals surface area contributed by atoms with Gasteiger partial charge in [0.15, 0.2) is 11.6 Å². The van der Waals surface area contributed by atoms with Crippen LogP contribution in [0.4, 0.5) is 27.7 Å². The van der Waals surface area contributed by atoms with Gasteiger partial charge in [-0.3, -0.25) is 14.7 Å². The number of pyridine rings is 1. The van der Waals surface area contributed by atoms with Crippen LogP contribution in [0.5, 0.6) is 0 Å². The van der Waals surface area contributed by atoms with E-state index in [9.17, 15) is 14.0 Å². The van der Waals surface area contributed by atoms with E-state index in [1.54, 1.807) is 4.90 Å². The minimum absolute atomic E-state index is 0.0396. The summed E-state index contributed by atoms with van der Waals surface area (Å²) in [7, 11) is 0. The average molecular weight is 465 g/mol. The zero-order valence-electron chi connectivity index (χ0n) is 18.9. The Morgan fingerprint density at radius 2 is 2.12 bits per heavy atom. The summed E-state index contributed by atoms with van der Waals surface area (Å²) in [6, 6.07) is 3.75. The summed E-state index contributed by atoms with van der Waals surface area (Å²) in [6.07, 6.45) is 3.88. The maximum absolute atomic E-state index is 13.1. The van der Waals surface area contributed by atoms with E-state index in [-0.39, 0.29) is 18.7 Å². The zero-order valence-corrected chi connectivity index (χ0v) is 18.9. The van der Waals surface area contributed by atoms with Crippen molar-refractivity contribution in [1.29, 1.82) is 0 Å². The Hall–Kier alpha value is -3.89. The molecule has 3 N–H and O–H groups in total. The molecule has 3 aromatic heterocycles. The number of carbonyl (C=O) groups is 2. The third kappa shape index (κ3) is 4.33. The van der Waals surface area contributed by atoms with Gasteiger partial charge < -0.3 is 15.5 Å². The van der Waals surface area contributed by atoms with Gasteiger partial charge in [0.25, 0.3) is 0 Å². The lowest BCUT2D eigenvalue weighted by atomic mass is 10.1. The van der Waals surface area contributed by atoms with Gasteiger partial charge in [-0.25, -0.2) is 9.97 Å². The number of anilines is 4. The van der Waals surface area contributed by atoms with Crippen LogP contribution in [-0.2, 0) is 22.4 Å². The number of halogens is 1. The molecule has 2 aliphatic rings. The normalized spacial score (nSPS) is 17.4. The number of ketones is 1. The van der Waals surface area contributed by atoms with E-state index in [2.05, 4.69) is 39.7 Å². The summed E-state index contributed by atoms with van der Waals surface area (Å²) in [5.41, 5.74) is 3.29. The quantitative estimate of drug-likeness (QED) is 0.475. The molecule has 0 spiro atoms. The van der Waals surface area contributed by atoms with Crippen LogP contribution in [-0.4, -0.2) is 49.4 Å². The van der Waals surface area contributed by atoms with Gasteiger partial charge in [-0.2, -0.15) is 14.5 Å². The first kappa shape index (κ1) is 21.9. The highest BCUT2D eigenvalue weighted by Gasteiger charge is 2.38. The third-order valence-corrected chi connectivity index (χ3v) is 6.09. The summed E-state index contributed by atoms with van der Waals surface area (Å²) in [4.78, 5) is 39.9. The number of fused-ring (bicyclic) bond motifs is 1. The molecule has 1 aliphatic heterocycles. The average Bonchev–Trinajstić information content (AvgIpc) is 3.54. The van der Waals surface area contributed by atoms with Crippen LogP contribution in [0.3, 0.4) is 0 Å². The molecule has 176 valence electrons. The van der Waals surface area contributed by atoms with E-state index in [1.165, 1.54) is 12.3 Å². The molecule has 1 atom stereocenters. The van der Waals surface area contributed by atoms with E-state index in [4.69, 9.17) is 9.97 Å². The van der Waals surface area contributed by atoms with Crippen molar-refractivity contribution >= 4 is 35.0 Å². The lowest BCUT2D eigenvalue weighted by molar-refractivity contribution is -0.120. The second-order valence-corrected chi connectivity index (χ2v) is 8.88. The van der Waals surface area contributed by atoms with Gasteiger partial charge in [0.1, 0.15) is 11.9 Å². The van der Waals surface area contributed by atoms with Crippen LogP contribution < -0.4 is 15.5 Å². The summed E-state index contributed by atoms with van der Waals surface area (Å²) >= 11 is 0. The smallest absolute Gasteiger partial charge is 0.247 e. The number of hydrogen-bond donors (Lipinski definition) is 3. The second-order valence-electron chi connectivity index (χ2n) is 8.88. The number of H-pyrrole nitrogens is 1. The first-order chi connectivity index (χ1) is 16.4. The molecule has 5 rings (SSSR count). The van der Waals surface area contributed by atoms with Crippen LogP contribution in [0.1, 0.15) is 49.6 Å². The molecule has 0 bridgehead atoms. The van der Waals surface area contributed by atoms with E-state index in [0.29, 0.717) is 29.2 Å². The first-order valence-corrected chi connectivity index (χ1v) is 11.3. The van der Waals surface area contributed by atoms with Gasteiger partial charge in [0.05, 0.1) is 24.1 Å². The van der Waals surface area contributed by atoms with Gasteiger partial charge in [-0.05, 0) is 37.3 Å². The topological polar surface area (TPSA) is 129 Å². The van der Waals surface area contributed by atoms with E-state index < -0.39 is 17.9 Å². The Balaban J connectivity index is 1.43. The second kappa shape index (κ2) is 8.81. The summed E-state index contributed by atoms with van der Waals surface area (Å²) < 4.78 is 13.1. The number of aryl methyl sites for hydroxylation is 1. The van der Waals surface area contributed by atoms with Crippen molar-refractivity contribution in [3.63, 3.8) is 0 Å². The summed E-state index contributed by atoms with van der Waals surface area (Å²) in [5.74, 6) is 0.807. The molecule has 1 saturated heterocycles. The fourth-order valence-corrected chi connectivity index (χ4v) is 4.28. The van der Waals surface area contributed by atoms with Crippen LogP contribution in [0, 0.1) is 5.95 Å². The van der Waals surface area contributed by atoms with Gasteiger partial charge in [0.2, 0.25) is 17.8 Å². The van der Waals surface area contributed by atoms with Gasteiger partial charge >= 0.3 is 0 Å². The van der Waals surface area contributed by atoms with Crippen molar-refractivity contribution in [2.24, 2.45) is 0 Å². The molecule has 34 heavy (non-hydrogen) atoms. The fraction of sp³-hybridized carbons (Fsp3) is 0.391. The lowest BCUT2D eigenvalue weighted by Gasteiger charge is -2.24. The highest BCUT2D eigenvalue weighted by atomic mass is 19.1. The number of hydrogen-bond acceptors (Lipinski definition) is 8. The standard InChI is InChI=1S/C23H25FN8O2/c1-12(2)17-9-20(31-30-17)28-21-15-4-3-5-16(15)27-23(29-21)32-11-14(33)8-18(32)22(34)26-13-6-7-19(24)25-10-13/h6-7,9-10,12,18H,3-5,8,11H2,1-2H3,(H,26,34)(H2,27,28,29,30,31)/t18-/m0/s1. The van der Waals surface area contributed by atoms with E-state index >= 15 is 0 Å². The molecule has 4 heterocycles. The van der Waals surface area contributed by atoms with Crippen molar-refractivity contribution in [3.05, 3.63) is 47.3 Å². The van der Waals surface area contributed by atoms with E-state index in [0.717, 1.165) is 42.3 Å². The Morgan fingerprint density at radius 1 is 1.26 bits per heavy atom. The van der Waals surface area contributed by atoms with Crippen molar-refractivity contribution in [2.75, 3.05) is 22.1 Å². The number of nitrogens with one attached hydrogen (secondary N) is 3. The molecule has 11 heteroatoms. The van der Waals surface area contributed by atoms with Gasteiger partial charge in [-0.15, -0.1) is 0 Å². The number of nitrogens with zero attached hydrogens (tertiary/aromatic N) is 5. The predicted octanol–water partition coefficient (Wildman–Crippen LogP) is 2.88. The first-order valence-electron chi connectivity index (χ1n) is 11.3. The number of rotatable bonds is 6. The Bertz CT molecular complexity index is 1240. The summed E-state index contributed by atoms with van der Waals surface area (Å²) in [6.45, 7) is 4.20. The molecule has 1 amide bonds. The van der Waals surface area contributed by atoms with Crippen molar-refractivity contribution < 1.29 is 14.0 Å². The van der Waals surface area contributed by atoms with Gasteiger partial charge in [0, 0.05) is 23.7 Å². The van der Waals surface area contributed by atoms with Gasteiger partial charge in [-0.1, -0.05) is 13.8 Å².